The van der Waals surface area contributed by atoms with Gasteiger partial charge in [0.15, 0.2) is 5.71 Å². The van der Waals surface area contributed by atoms with E-state index in [1.165, 1.54) is 12.1 Å². The smallest absolute Gasteiger partial charge is 0.303 e. The largest absolute Gasteiger partial charge is 0.481 e. The van der Waals surface area contributed by atoms with E-state index in [-0.39, 0.29) is 16.7 Å². The number of fused-ring (bicyclic) bond motifs is 2. The summed E-state index contributed by atoms with van der Waals surface area (Å²) in [6, 6.07) is 10.4. The van der Waals surface area contributed by atoms with E-state index in [0.717, 1.165) is 45.2 Å². The van der Waals surface area contributed by atoms with Crippen molar-refractivity contribution in [3.8, 4) is 0 Å². The van der Waals surface area contributed by atoms with Gasteiger partial charge < -0.3 is 10.0 Å². The van der Waals surface area contributed by atoms with Crippen LogP contribution >= 0.6 is 12.0 Å². The summed E-state index contributed by atoms with van der Waals surface area (Å²) in [6.45, 7) is 8.72. The molecule has 3 N–H and O–H groups in total. The topological polar surface area (TPSA) is 137 Å². The van der Waals surface area contributed by atoms with Crippen molar-refractivity contribution in [2.75, 3.05) is 18.5 Å². The van der Waals surface area contributed by atoms with Crippen molar-refractivity contribution in [1.82, 2.24) is 0 Å². The first-order valence-corrected chi connectivity index (χ1v) is 15.4. The van der Waals surface area contributed by atoms with E-state index < -0.39 is 21.5 Å². The van der Waals surface area contributed by atoms with Crippen LogP contribution in [0.2, 0.25) is 0 Å². The molecule has 0 fully saturated rings. The Morgan fingerprint density at radius 3 is 2.43 bits per heavy atom. The van der Waals surface area contributed by atoms with Gasteiger partial charge >= 0.3 is 5.97 Å². The van der Waals surface area contributed by atoms with Gasteiger partial charge in [0, 0.05) is 52.4 Å². The molecular weight excluding hydrogens is 580 g/mol. The molecule has 0 aliphatic carbocycles. The van der Waals surface area contributed by atoms with Gasteiger partial charge in [-0.25, -0.2) is 5.26 Å². The van der Waals surface area contributed by atoms with E-state index >= 15 is 0 Å². The monoisotopic (exact) mass is 615 g/mol. The van der Waals surface area contributed by atoms with Gasteiger partial charge in [-0.1, -0.05) is 49.2 Å². The summed E-state index contributed by atoms with van der Waals surface area (Å²) in [6.07, 6.45) is 10.1. The maximum atomic E-state index is 11.8. The number of carboxylic acid groups (broad SMARTS) is 1. The molecule has 0 radical (unpaired) electrons. The fourth-order valence-electron chi connectivity index (χ4n) is 5.74. The summed E-state index contributed by atoms with van der Waals surface area (Å²) in [5.74, 6) is -0.905. The SMILES string of the molecule is C[N+]1=C(C=CC=CC=C2N(CCCC(=O)O)c3cc(S(=O)(=O)O)ccc3C2(C)C)C(C)(C)c2ccc(SOOO)cc21. The molecule has 0 unspecified atom stereocenters. The van der Waals surface area contributed by atoms with Gasteiger partial charge in [0.25, 0.3) is 10.1 Å². The molecule has 10 nitrogen and oxygen atoms in total. The third kappa shape index (κ3) is 6.24. The van der Waals surface area contributed by atoms with Crippen LogP contribution in [0.3, 0.4) is 0 Å². The van der Waals surface area contributed by atoms with Gasteiger partial charge in [-0.3, -0.25) is 9.35 Å². The zero-order valence-electron chi connectivity index (χ0n) is 24.1. The summed E-state index contributed by atoms with van der Waals surface area (Å²) in [4.78, 5) is 13.7. The lowest BCUT2D eigenvalue weighted by Gasteiger charge is -2.26. The highest BCUT2D eigenvalue weighted by Gasteiger charge is 2.43. The molecule has 0 amide bonds. The van der Waals surface area contributed by atoms with E-state index in [9.17, 15) is 17.8 Å². The Labute approximate surface area is 250 Å². The van der Waals surface area contributed by atoms with Crippen LogP contribution in [0.15, 0.2) is 82.3 Å². The Kier molecular flexibility index (Phi) is 9.17. The molecule has 12 heteroatoms. The summed E-state index contributed by atoms with van der Waals surface area (Å²) >= 11 is 0.911. The van der Waals surface area contributed by atoms with Crippen LogP contribution in [0.1, 0.15) is 51.7 Å². The average molecular weight is 616 g/mol. The van der Waals surface area contributed by atoms with E-state index in [2.05, 4.69) is 27.8 Å². The number of hydrogen-bond donors (Lipinski definition) is 3. The third-order valence-corrected chi connectivity index (χ3v) is 9.26. The summed E-state index contributed by atoms with van der Waals surface area (Å²) in [5.41, 5.74) is 4.90. The predicted molar refractivity (Wildman–Crippen MR) is 161 cm³/mol. The van der Waals surface area contributed by atoms with Crippen LogP contribution < -0.4 is 4.90 Å². The van der Waals surface area contributed by atoms with Crippen LogP contribution in [0, 0.1) is 0 Å². The minimum atomic E-state index is -4.40. The summed E-state index contributed by atoms with van der Waals surface area (Å²) < 4.78 is 40.0. The molecule has 2 heterocycles. The number of hydrogen-bond acceptors (Lipinski definition) is 8. The zero-order chi connectivity index (χ0) is 30.9. The Morgan fingerprint density at radius 1 is 1.05 bits per heavy atom. The zero-order valence-corrected chi connectivity index (χ0v) is 25.7. The van der Waals surface area contributed by atoms with E-state index in [1.54, 1.807) is 6.07 Å². The number of allylic oxidation sites excluding steroid dienone is 6. The van der Waals surface area contributed by atoms with Crippen LogP contribution in [-0.2, 0) is 35.1 Å². The second-order valence-corrected chi connectivity index (χ2v) is 13.4. The number of benzene rings is 2. The summed E-state index contributed by atoms with van der Waals surface area (Å²) in [7, 11) is -2.41. The Hall–Kier alpha value is -3.26. The molecule has 0 bridgehead atoms. The van der Waals surface area contributed by atoms with Gasteiger partial charge in [-0.2, -0.15) is 13.0 Å². The Morgan fingerprint density at radius 2 is 1.76 bits per heavy atom. The van der Waals surface area contributed by atoms with Gasteiger partial charge in [0.2, 0.25) is 5.69 Å². The molecule has 0 aromatic heterocycles. The lowest BCUT2D eigenvalue weighted by atomic mass is 9.81. The van der Waals surface area contributed by atoms with E-state index in [1.807, 2.05) is 74.4 Å². The maximum absolute atomic E-state index is 11.8. The summed E-state index contributed by atoms with van der Waals surface area (Å²) in [5, 5.41) is 21.3. The molecule has 2 aromatic carbocycles. The number of nitrogens with zero attached hydrogens (tertiary/aromatic N) is 2. The van der Waals surface area contributed by atoms with Crippen molar-refractivity contribution in [3.63, 3.8) is 0 Å². The first-order valence-electron chi connectivity index (χ1n) is 13.3. The lowest BCUT2D eigenvalue weighted by Crippen LogP contribution is -2.27. The van der Waals surface area contributed by atoms with Crippen molar-refractivity contribution in [3.05, 3.63) is 83.6 Å². The van der Waals surface area contributed by atoms with Crippen molar-refractivity contribution < 1.29 is 42.1 Å². The molecular formula is C30H35N2O8S2+. The minimum Gasteiger partial charge on any atom is -0.481 e. The van der Waals surface area contributed by atoms with Gasteiger partial charge in [-0.05, 0) is 50.1 Å². The molecule has 42 heavy (non-hydrogen) atoms. The Bertz CT molecular complexity index is 1620. The molecule has 4 rings (SSSR count). The standard InChI is InChI=1S/C30H34N2O8S2/c1-29(2)22-15-13-20(41-40-39-35)18-24(22)31(5)26(29)10-7-6-8-11-27-30(3,4)23-16-14-21(42(36,37)38)19-25(23)32(27)17-9-12-28(33)34/h6-8,10-11,13-16,18-19H,9,12,17H2,1-5H3,(H2-,33,34,35,36,37,38)/p+1. The fraction of sp³-hybridized carbons (Fsp3) is 0.333. The number of carboxylic acids is 1. The normalized spacial score (nSPS) is 18.5. The highest BCUT2D eigenvalue weighted by Crippen LogP contribution is 2.48. The van der Waals surface area contributed by atoms with Gasteiger partial charge in [-0.15, -0.1) is 4.33 Å². The van der Waals surface area contributed by atoms with Gasteiger partial charge in [0.1, 0.15) is 7.05 Å². The Balaban J connectivity index is 1.62. The van der Waals surface area contributed by atoms with E-state index in [4.69, 9.17) is 10.4 Å². The number of carbonyl (C=O) groups is 1. The van der Waals surface area contributed by atoms with Crippen LogP contribution in [-0.4, -0.2) is 53.2 Å². The quantitative estimate of drug-likeness (QED) is 0.0687. The van der Waals surface area contributed by atoms with E-state index in [0.29, 0.717) is 18.7 Å². The minimum absolute atomic E-state index is 0.0250. The second kappa shape index (κ2) is 12.2. The molecule has 0 spiro atoms. The average Bonchev–Trinajstić information content (AvgIpc) is 3.24. The maximum Gasteiger partial charge on any atom is 0.303 e. The predicted octanol–water partition coefficient (Wildman–Crippen LogP) is 6.03. The highest BCUT2D eigenvalue weighted by molar-refractivity contribution is 7.94. The molecule has 0 saturated carbocycles. The first-order chi connectivity index (χ1) is 19.7. The third-order valence-electron chi connectivity index (χ3n) is 7.83. The van der Waals surface area contributed by atoms with Crippen LogP contribution in [0.25, 0.3) is 0 Å². The van der Waals surface area contributed by atoms with Crippen molar-refractivity contribution in [1.29, 1.82) is 0 Å². The molecule has 224 valence electrons. The number of anilines is 1. The second-order valence-electron chi connectivity index (χ2n) is 11.2. The van der Waals surface area contributed by atoms with Crippen molar-refractivity contribution >= 4 is 45.2 Å². The van der Waals surface area contributed by atoms with Gasteiger partial charge in [0.05, 0.1) is 22.4 Å². The molecule has 0 saturated heterocycles. The number of rotatable bonds is 11. The van der Waals surface area contributed by atoms with Crippen LogP contribution in [0.4, 0.5) is 11.4 Å². The molecule has 2 aliphatic rings. The van der Waals surface area contributed by atoms with Crippen LogP contribution in [0.5, 0.6) is 0 Å². The first kappa shape index (κ1) is 31.7. The highest BCUT2D eigenvalue weighted by atomic mass is 32.2. The number of aliphatic carboxylic acids is 1. The van der Waals surface area contributed by atoms with Crippen molar-refractivity contribution in [2.45, 2.75) is 61.2 Å². The fourth-order valence-corrected chi connectivity index (χ4v) is 6.64. The molecule has 2 aliphatic heterocycles. The lowest BCUT2D eigenvalue weighted by molar-refractivity contribution is -0.432. The molecule has 2 aromatic rings. The molecule has 0 atom stereocenters. The van der Waals surface area contributed by atoms with Crippen molar-refractivity contribution in [2.24, 2.45) is 0 Å².